The van der Waals surface area contributed by atoms with E-state index in [2.05, 4.69) is 24.0 Å². The van der Waals surface area contributed by atoms with Crippen LogP contribution in [0.4, 0.5) is 0 Å². The molecule has 0 fully saturated rings. The molecule has 0 spiro atoms. The second kappa shape index (κ2) is 6.78. The Morgan fingerprint density at radius 2 is 2.00 bits per heavy atom. The number of ether oxygens (including phenoxy) is 1. The predicted molar refractivity (Wildman–Crippen MR) is 96.6 cm³/mol. The highest BCUT2D eigenvalue weighted by Gasteiger charge is 2.09. The van der Waals surface area contributed by atoms with E-state index in [1.54, 1.807) is 18.4 Å². The van der Waals surface area contributed by atoms with Gasteiger partial charge in [-0.2, -0.15) is 5.26 Å². The number of thiazole rings is 1. The van der Waals surface area contributed by atoms with Crippen molar-refractivity contribution in [3.8, 4) is 23.1 Å². The third-order valence-electron chi connectivity index (χ3n) is 3.29. The minimum atomic E-state index is 0.594. The number of allylic oxidation sites excluding steroid dienone is 1. The number of hydrogen-bond acceptors (Lipinski definition) is 5. The van der Waals surface area contributed by atoms with E-state index in [9.17, 15) is 5.26 Å². The molecule has 2 aromatic heterocycles. The molecule has 1 aromatic carbocycles. The van der Waals surface area contributed by atoms with Crippen LogP contribution >= 0.6 is 22.7 Å². The Balaban J connectivity index is 1.90. The molecule has 5 heteroatoms. The van der Waals surface area contributed by atoms with Gasteiger partial charge in [0.1, 0.15) is 16.8 Å². The van der Waals surface area contributed by atoms with Gasteiger partial charge in [0.05, 0.1) is 18.4 Å². The fourth-order valence-electron chi connectivity index (χ4n) is 2.11. The first-order chi connectivity index (χ1) is 11.2. The van der Waals surface area contributed by atoms with Crippen LogP contribution in [0.3, 0.4) is 0 Å². The summed E-state index contributed by atoms with van der Waals surface area (Å²) in [5.41, 5.74) is 2.48. The second-order valence-corrected chi connectivity index (χ2v) is 7.06. The van der Waals surface area contributed by atoms with Crippen LogP contribution in [0.15, 0.2) is 41.8 Å². The Kier molecular flexibility index (Phi) is 4.56. The van der Waals surface area contributed by atoms with Crippen LogP contribution in [-0.4, -0.2) is 12.1 Å². The number of rotatable bonds is 4. The number of benzene rings is 1. The molecule has 0 atom stereocenters. The number of hydrogen-bond donors (Lipinski definition) is 0. The topological polar surface area (TPSA) is 45.9 Å². The lowest BCUT2D eigenvalue weighted by molar-refractivity contribution is 0.415. The van der Waals surface area contributed by atoms with Gasteiger partial charge >= 0.3 is 0 Å². The maximum Gasteiger partial charge on any atom is 0.134 e. The van der Waals surface area contributed by atoms with E-state index in [0.717, 1.165) is 26.9 Å². The second-order valence-electron chi connectivity index (χ2n) is 4.88. The summed E-state index contributed by atoms with van der Waals surface area (Å²) < 4.78 is 5.17. The summed E-state index contributed by atoms with van der Waals surface area (Å²) in [6.45, 7) is 2.05. The van der Waals surface area contributed by atoms with Crippen LogP contribution < -0.4 is 4.74 Å². The molecule has 0 bridgehead atoms. The smallest absolute Gasteiger partial charge is 0.134 e. The van der Waals surface area contributed by atoms with Crippen molar-refractivity contribution in [3.63, 3.8) is 0 Å². The van der Waals surface area contributed by atoms with Gasteiger partial charge in [-0.15, -0.1) is 22.7 Å². The summed E-state index contributed by atoms with van der Waals surface area (Å²) in [7, 11) is 1.65. The molecule has 0 saturated heterocycles. The van der Waals surface area contributed by atoms with Crippen LogP contribution in [0, 0.1) is 18.3 Å². The normalized spacial score (nSPS) is 11.3. The maximum absolute atomic E-state index is 9.43. The van der Waals surface area contributed by atoms with Crippen LogP contribution in [0.2, 0.25) is 0 Å². The molecule has 3 rings (SSSR count). The molecule has 2 heterocycles. The number of thiophene rings is 1. The third kappa shape index (κ3) is 3.50. The van der Waals surface area contributed by atoms with Crippen molar-refractivity contribution < 1.29 is 4.74 Å². The fraction of sp³-hybridized carbons (Fsp3) is 0.111. The summed E-state index contributed by atoms with van der Waals surface area (Å²) in [5.74, 6) is 0.815. The molecule has 23 heavy (non-hydrogen) atoms. The molecule has 0 N–H and O–H groups in total. The molecule has 0 aliphatic carbocycles. The average Bonchev–Trinajstić information content (AvgIpc) is 3.22. The van der Waals surface area contributed by atoms with E-state index < -0.39 is 0 Å². The Bertz CT molecular complexity index is 882. The van der Waals surface area contributed by atoms with E-state index in [1.165, 1.54) is 16.2 Å². The number of aryl methyl sites for hydroxylation is 1. The summed E-state index contributed by atoms with van der Waals surface area (Å²) in [6.07, 6.45) is 1.90. The van der Waals surface area contributed by atoms with Gasteiger partial charge in [-0.05, 0) is 49.4 Å². The largest absolute Gasteiger partial charge is 0.497 e. The van der Waals surface area contributed by atoms with E-state index in [4.69, 9.17) is 4.74 Å². The maximum atomic E-state index is 9.43. The van der Waals surface area contributed by atoms with Crippen LogP contribution in [0.25, 0.3) is 22.9 Å². The number of aromatic nitrogens is 1. The quantitative estimate of drug-likeness (QED) is 0.610. The van der Waals surface area contributed by atoms with Gasteiger partial charge in [0.25, 0.3) is 0 Å². The lowest BCUT2D eigenvalue weighted by atomic mass is 10.1. The Hall–Kier alpha value is -2.42. The molecule has 0 aliphatic heterocycles. The molecular weight excluding hydrogens is 324 g/mol. The highest BCUT2D eigenvalue weighted by molar-refractivity contribution is 7.13. The van der Waals surface area contributed by atoms with Crippen molar-refractivity contribution in [3.05, 3.63) is 56.5 Å². The molecule has 3 nitrogen and oxygen atoms in total. The number of nitrogens with zero attached hydrogens (tertiary/aromatic N) is 2. The third-order valence-corrected chi connectivity index (χ3v) is 5.11. The van der Waals surface area contributed by atoms with Crippen molar-refractivity contribution in [2.24, 2.45) is 0 Å². The van der Waals surface area contributed by atoms with Gasteiger partial charge in [0.15, 0.2) is 0 Å². The van der Waals surface area contributed by atoms with Crippen LogP contribution in [0.1, 0.15) is 14.8 Å². The highest BCUT2D eigenvalue weighted by atomic mass is 32.1. The monoisotopic (exact) mass is 338 g/mol. The molecule has 0 aliphatic rings. The SMILES string of the molecule is COc1ccc(-c2csc(/C(C#N)=C/c3ccc(C)s3)n2)cc1. The molecule has 114 valence electrons. The van der Waals surface area contributed by atoms with E-state index in [0.29, 0.717) is 5.57 Å². The van der Waals surface area contributed by atoms with E-state index >= 15 is 0 Å². The van der Waals surface area contributed by atoms with Gasteiger partial charge in [-0.1, -0.05) is 0 Å². The standard InChI is InChI=1S/C18H14N2OS2/c1-12-3-8-16(23-12)9-14(10-19)18-20-17(11-22-18)13-4-6-15(21-2)7-5-13/h3-9,11H,1-2H3/b14-9+. The van der Waals surface area contributed by atoms with Crippen molar-refractivity contribution in [1.29, 1.82) is 5.26 Å². The number of methoxy groups -OCH3 is 1. The summed E-state index contributed by atoms with van der Waals surface area (Å²) in [4.78, 5) is 6.90. The Morgan fingerprint density at radius 3 is 2.61 bits per heavy atom. The summed E-state index contributed by atoms with van der Waals surface area (Å²) >= 11 is 3.15. The lowest BCUT2D eigenvalue weighted by Gasteiger charge is -2.00. The highest BCUT2D eigenvalue weighted by Crippen LogP contribution is 2.29. The van der Waals surface area contributed by atoms with Gasteiger partial charge in [0, 0.05) is 20.7 Å². The summed E-state index contributed by atoms with van der Waals surface area (Å²) in [6, 6.07) is 14.1. The van der Waals surface area contributed by atoms with Crippen LogP contribution in [0.5, 0.6) is 5.75 Å². The van der Waals surface area contributed by atoms with Gasteiger partial charge < -0.3 is 4.74 Å². The molecule has 0 unspecified atom stereocenters. The number of nitriles is 1. The van der Waals surface area contributed by atoms with Crippen molar-refractivity contribution in [2.75, 3.05) is 7.11 Å². The van der Waals surface area contributed by atoms with Crippen molar-refractivity contribution in [1.82, 2.24) is 4.98 Å². The van der Waals surface area contributed by atoms with Gasteiger partial charge in [-0.3, -0.25) is 0 Å². The molecular formula is C18H14N2OS2. The minimum Gasteiger partial charge on any atom is -0.497 e. The zero-order chi connectivity index (χ0) is 16.2. The molecule has 0 saturated carbocycles. The van der Waals surface area contributed by atoms with Gasteiger partial charge in [0.2, 0.25) is 0 Å². The van der Waals surface area contributed by atoms with Gasteiger partial charge in [-0.25, -0.2) is 4.98 Å². The van der Waals surface area contributed by atoms with Crippen molar-refractivity contribution >= 4 is 34.3 Å². The zero-order valence-electron chi connectivity index (χ0n) is 12.7. The predicted octanol–water partition coefficient (Wildman–Crippen LogP) is 5.25. The molecule has 0 radical (unpaired) electrons. The lowest BCUT2D eigenvalue weighted by Crippen LogP contribution is -1.84. The molecule has 3 aromatic rings. The first kappa shape index (κ1) is 15.5. The zero-order valence-corrected chi connectivity index (χ0v) is 14.4. The Labute approximate surface area is 143 Å². The summed E-state index contributed by atoms with van der Waals surface area (Å²) in [5, 5.41) is 12.1. The average molecular weight is 338 g/mol. The fourth-order valence-corrected chi connectivity index (χ4v) is 3.72. The van der Waals surface area contributed by atoms with E-state index in [1.807, 2.05) is 41.8 Å². The Morgan fingerprint density at radius 1 is 1.22 bits per heavy atom. The minimum absolute atomic E-state index is 0.594. The van der Waals surface area contributed by atoms with E-state index in [-0.39, 0.29) is 0 Å². The first-order valence-corrected chi connectivity index (χ1v) is 8.68. The van der Waals surface area contributed by atoms with Crippen LogP contribution in [-0.2, 0) is 0 Å². The van der Waals surface area contributed by atoms with Crippen molar-refractivity contribution in [2.45, 2.75) is 6.92 Å². The first-order valence-electron chi connectivity index (χ1n) is 6.98. The molecule has 0 amide bonds.